The fraction of sp³-hybridized carbons (Fsp3) is 0.846. The molecule has 0 rings (SSSR count). The fourth-order valence-corrected chi connectivity index (χ4v) is 1.83. The molecule has 1 amide bonds. The van der Waals surface area contributed by atoms with Crippen molar-refractivity contribution in [1.29, 1.82) is 0 Å². The predicted octanol–water partition coefficient (Wildman–Crippen LogP) is 1.07. The van der Waals surface area contributed by atoms with Crippen molar-refractivity contribution in [3.05, 3.63) is 0 Å². The number of nitrogens with one attached hydrogen (secondary N) is 1. The van der Waals surface area contributed by atoms with Gasteiger partial charge in [0.1, 0.15) is 0 Å². The van der Waals surface area contributed by atoms with E-state index in [0.29, 0.717) is 38.3 Å². The van der Waals surface area contributed by atoms with Gasteiger partial charge in [0.05, 0.1) is 7.11 Å². The Morgan fingerprint density at radius 3 is 2.50 bits per heavy atom. The van der Waals surface area contributed by atoms with Crippen LogP contribution < -0.4 is 11.1 Å². The van der Waals surface area contributed by atoms with Crippen molar-refractivity contribution in [3.8, 4) is 0 Å². The third-order valence-electron chi connectivity index (χ3n) is 2.72. The number of esters is 1. The number of ether oxygens (including phenoxy) is 1. The highest BCUT2D eigenvalue weighted by Crippen LogP contribution is 2.13. The zero-order valence-corrected chi connectivity index (χ0v) is 11.7. The van der Waals surface area contributed by atoms with E-state index in [1.807, 2.05) is 0 Å². The van der Waals surface area contributed by atoms with E-state index in [0.717, 1.165) is 6.42 Å². The number of amides is 1. The summed E-state index contributed by atoms with van der Waals surface area (Å²) in [5, 5.41) is 2.80. The number of carbonyl (C=O) groups excluding carboxylic acids is 2. The van der Waals surface area contributed by atoms with E-state index < -0.39 is 0 Å². The Balaban J connectivity index is 3.72. The molecule has 0 heterocycles. The van der Waals surface area contributed by atoms with Crippen LogP contribution in [0, 0.1) is 11.8 Å². The maximum absolute atomic E-state index is 11.6. The zero-order valence-electron chi connectivity index (χ0n) is 11.7. The summed E-state index contributed by atoms with van der Waals surface area (Å²) in [5.74, 6) is 0.552. The third-order valence-corrected chi connectivity index (χ3v) is 2.72. The Kier molecular flexibility index (Phi) is 9.28. The molecule has 0 aromatic rings. The molecule has 0 radical (unpaired) electrons. The summed E-state index contributed by atoms with van der Waals surface area (Å²) in [6.45, 7) is 5.29. The van der Waals surface area contributed by atoms with E-state index in [-0.39, 0.29) is 17.8 Å². The quantitative estimate of drug-likeness (QED) is 0.479. The van der Waals surface area contributed by atoms with Crippen LogP contribution in [-0.4, -0.2) is 32.1 Å². The van der Waals surface area contributed by atoms with Crippen molar-refractivity contribution < 1.29 is 14.3 Å². The Labute approximate surface area is 109 Å². The van der Waals surface area contributed by atoms with Gasteiger partial charge in [0.25, 0.3) is 0 Å². The molecule has 18 heavy (non-hydrogen) atoms. The first-order valence-electron chi connectivity index (χ1n) is 6.53. The maximum Gasteiger partial charge on any atom is 0.305 e. The summed E-state index contributed by atoms with van der Waals surface area (Å²) in [5.41, 5.74) is 5.64. The Bertz CT molecular complexity index is 255. The van der Waals surface area contributed by atoms with Crippen LogP contribution in [0.4, 0.5) is 0 Å². The molecule has 0 bridgehead atoms. The number of nitrogens with two attached hydrogens (primary N) is 1. The highest BCUT2D eigenvalue weighted by atomic mass is 16.5. The van der Waals surface area contributed by atoms with Crippen LogP contribution >= 0.6 is 0 Å². The van der Waals surface area contributed by atoms with E-state index in [2.05, 4.69) is 23.9 Å². The van der Waals surface area contributed by atoms with Gasteiger partial charge in [-0.2, -0.15) is 0 Å². The van der Waals surface area contributed by atoms with E-state index >= 15 is 0 Å². The molecule has 0 spiro atoms. The maximum atomic E-state index is 11.6. The lowest BCUT2D eigenvalue weighted by atomic mass is 9.94. The first kappa shape index (κ1) is 16.9. The lowest BCUT2D eigenvalue weighted by Gasteiger charge is -2.16. The van der Waals surface area contributed by atoms with Gasteiger partial charge in [-0.05, 0) is 31.2 Å². The van der Waals surface area contributed by atoms with Gasteiger partial charge in [0.2, 0.25) is 5.91 Å². The van der Waals surface area contributed by atoms with Crippen LogP contribution in [0.5, 0.6) is 0 Å². The molecule has 0 aromatic carbocycles. The number of methoxy groups -OCH3 is 1. The molecule has 0 saturated carbocycles. The molecule has 1 unspecified atom stereocenters. The molecule has 0 saturated heterocycles. The number of hydrogen-bond acceptors (Lipinski definition) is 4. The molecule has 5 nitrogen and oxygen atoms in total. The average Bonchev–Trinajstić information content (AvgIpc) is 2.32. The minimum Gasteiger partial charge on any atom is -0.469 e. The van der Waals surface area contributed by atoms with E-state index in [1.54, 1.807) is 0 Å². The minimum absolute atomic E-state index is 0.0102. The van der Waals surface area contributed by atoms with Gasteiger partial charge in [-0.1, -0.05) is 13.8 Å². The van der Waals surface area contributed by atoms with Crippen molar-refractivity contribution >= 4 is 11.9 Å². The highest BCUT2D eigenvalue weighted by molar-refractivity contribution is 5.76. The minimum atomic E-state index is -0.246. The Morgan fingerprint density at radius 1 is 1.33 bits per heavy atom. The molecular formula is C13H26N2O3. The summed E-state index contributed by atoms with van der Waals surface area (Å²) in [6, 6.07) is 0. The van der Waals surface area contributed by atoms with Crippen LogP contribution in [-0.2, 0) is 14.3 Å². The summed E-state index contributed by atoms with van der Waals surface area (Å²) >= 11 is 0. The van der Waals surface area contributed by atoms with Crippen molar-refractivity contribution in [1.82, 2.24) is 5.32 Å². The average molecular weight is 258 g/mol. The molecule has 3 N–H and O–H groups in total. The van der Waals surface area contributed by atoms with Crippen LogP contribution in [0.1, 0.15) is 39.5 Å². The fourth-order valence-electron chi connectivity index (χ4n) is 1.83. The summed E-state index contributed by atoms with van der Waals surface area (Å²) in [4.78, 5) is 22.5. The second kappa shape index (κ2) is 9.88. The monoisotopic (exact) mass is 258 g/mol. The lowest BCUT2D eigenvalue weighted by molar-refractivity contribution is -0.140. The van der Waals surface area contributed by atoms with Crippen molar-refractivity contribution in [3.63, 3.8) is 0 Å². The number of carbonyl (C=O) groups is 2. The Hall–Kier alpha value is -1.10. The first-order chi connectivity index (χ1) is 8.49. The highest BCUT2D eigenvalue weighted by Gasteiger charge is 2.13. The van der Waals surface area contributed by atoms with Crippen molar-refractivity contribution in [2.45, 2.75) is 39.5 Å². The molecule has 5 heteroatoms. The molecule has 0 aromatic heterocycles. The van der Waals surface area contributed by atoms with Gasteiger partial charge in [0.15, 0.2) is 0 Å². The number of hydrogen-bond donors (Lipinski definition) is 2. The molecular weight excluding hydrogens is 232 g/mol. The summed E-state index contributed by atoms with van der Waals surface area (Å²) in [6.07, 6.45) is 2.37. The van der Waals surface area contributed by atoms with Gasteiger partial charge < -0.3 is 15.8 Å². The van der Waals surface area contributed by atoms with Crippen molar-refractivity contribution in [2.75, 3.05) is 20.2 Å². The SMILES string of the molecule is COC(=O)CCCNC(=O)CC(CN)CC(C)C. The normalized spacial score (nSPS) is 12.3. The summed E-state index contributed by atoms with van der Waals surface area (Å²) < 4.78 is 4.51. The molecule has 0 aliphatic rings. The second-order valence-corrected chi connectivity index (χ2v) is 4.97. The van der Waals surface area contributed by atoms with E-state index in [9.17, 15) is 9.59 Å². The van der Waals surface area contributed by atoms with E-state index in [1.165, 1.54) is 7.11 Å². The third kappa shape index (κ3) is 8.98. The topological polar surface area (TPSA) is 81.4 Å². The Morgan fingerprint density at radius 2 is 2.00 bits per heavy atom. The van der Waals surface area contributed by atoms with Crippen LogP contribution in [0.2, 0.25) is 0 Å². The van der Waals surface area contributed by atoms with Gasteiger partial charge in [-0.15, -0.1) is 0 Å². The smallest absolute Gasteiger partial charge is 0.305 e. The zero-order chi connectivity index (χ0) is 14.0. The summed E-state index contributed by atoms with van der Waals surface area (Å²) in [7, 11) is 1.36. The van der Waals surface area contributed by atoms with Crippen LogP contribution in [0.15, 0.2) is 0 Å². The van der Waals surface area contributed by atoms with Gasteiger partial charge >= 0.3 is 5.97 Å². The van der Waals surface area contributed by atoms with Crippen LogP contribution in [0.25, 0.3) is 0 Å². The van der Waals surface area contributed by atoms with E-state index in [4.69, 9.17) is 5.73 Å². The molecule has 0 aliphatic carbocycles. The van der Waals surface area contributed by atoms with Gasteiger partial charge in [0, 0.05) is 19.4 Å². The van der Waals surface area contributed by atoms with Crippen LogP contribution in [0.3, 0.4) is 0 Å². The molecule has 0 aliphatic heterocycles. The van der Waals surface area contributed by atoms with Gasteiger partial charge in [-0.25, -0.2) is 0 Å². The molecule has 106 valence electrons. The molecule has 0 fully saturated rings. The second-order valence-electron chi connectivity index (χ2n) is 4.97. The van der Waals surface area contributed by atoms with Gasteiger partial charge in [-0.3, -0.25) is 9.59 Å². The lowest BCUT2D eigenvalue weighted by Crippen LogP contribution is -2.29. The first-order valence-corrected chi connectivity index (χ1v) is 6.53. The largest absolute Gasteiger partial charge is 0.469 e. The predicted molar refractivity (Wildman–Crippen MR) is 70.9 cm³/mol. The standard InChI is InChI=1S/C13H26N2O3/c1-10(2)7-11(9-14)8-12(16)15-6-4-5-13(17)18-3/h10-11H,4-9,14H2,1-3H3,(H,15,16). The number of rotatable bonds is 9. The molecule has 1 atom stereocenters. The van der Waals surface area contributed by atoms with Crippen molar-refractivity contribution in [2.24, 2.45) is 17.6 Å².